The van der Waals surface area contributed by atoms with Crippen molar-refractivity contribution in [2.75, 3.05) is 13.2 Å². The maximum atomic E-state index is 5.83. The van der Waals surface area contributed by atoms with Crippen LogP contribution in [0.4, 0.5) is 0 Å². The summed E-state index contributed by atoms with van der Waals surface area (Å²) in [7, 11) is 0. The lowest BCUT2D eigenvalue weighted by Gasteiger charge is -2.17. The van der Waals surface area contributed by atoms with E-state index in [0.29, 0.717) is 24.9 Å². The van der Waals surface area contributed by atoms with Crippen LogP contribution in [0.25, 0.3) is 0 Å². The molecule has 1 aromatic rings. The van der Waals surface area contributed by atoms with Gasteiger partial charge in [0.05, 0.1) is 18.2 Å². The van der Waals surface area contributed by atoms with Gasteiger partial charge < -0.3 is 19.7 Å². The second kappa shape index (κ2) is 6.09. The number of ether oxygens (including phenoxy) is 2. The topological polar surface area (TPSA) is 83.4 Å². The summed E-state index contributed by atoms with van der Waals surface area (Å²) in [5.74, 6) is 0.882. The van der Waals surface area contributed by atoms with Gasteiger partial charge in [-0.2, -0.15) is 4.98 Å². The van der Waals surface area contributed by atoms with Crippen molar-refractivity contribution in [3.63, 3.8) is 0 Å². The van der Waals surface area contributed by atoms with Gasteiger partial charge in [0.1, 0.15) is 6.61 Å². The highest BCUT2D eigenvalue weighted by molar-refractivity contribution is 4.92. The molecule has 2 N–H and O–H groups in total. The molecule has 1 aromatic heterocycles. The molecule has 0 spiro atoms. The normalized spacial score (nSPS) is 13.9. The molecule has 0 aromatic carbocycles. The van der Waals surface area contributed by atoms with Crippen LogP contribution in [0.2, 0.25) is 0 Å². The van der Waals surface area contributed by atoms with Gasteiger partial charge in [0.25, 0.3) is 5.89 Å². The van der Waals surface area contributed by atoms with Crippen molar-refractivity contribution in [2.24, 2.45) is 5.73 Å². The third-order valence-electron chi connectivity index (χ3n) is 1.95. The maximum absolute atomic E-state index is 5.83. The maximum Gasteiger partial charge on any atom is 0.252 e. The van der Waals surface area contributed by atoms with Gasteiger partial charge in [0, 0.05) is 6.61 Å². The standard InChI is InChI=1S/C11H21N3O3/c1-5-15-6-8(12)10-13-9(17-14-10)7-16-11(2,3)4/h8H,5-7,12H2,1-4H3. The summed E-state index contributed by atoms with van der Waals surface area (Å²) in [6.45, 7) is 9.09. The summed E-state index contributed by atoms with van der Waals surface area (Å²) < 4.78 is 15.8. The third-order valence-corrected chi connectivity index (χ3v) is 1.95. The third kappa shape index (κ3) is 5.25. The molecule has 0 saturated carbocycles. The van der Waals surface area contributed by atoms with Crippen molar-refractivity contribution < 1.29 is 14.0 Å². The molecular weight excluding hydrogens is 222 g/mol. The van der Waals surface area contributed by atoms with Crippen molar-refractivity contribution in [1.82, 2.24) is 10.1 Å². The van der Waals surface area contributed by atoms with Crippen molar-refractivity contribution in [1.29, 1.82) is 0 Å². The molecule has 0 fully saturated rings. The molecule has 1 rings (SSSR count). The van der Waals surface area contributed by atoms with E-state index in [-0.39, 0.29) is 18.2 Å². The van der Waals surface area contributed by atoms with Crippen LogP contribution in [0.5, 0.6) is 0 Å². The predicted molar refractivity (Wildman–Crippen MR) is 62.3 cm³/mol. The van der Waals surface area contributed by atoms with Gasteiger partial charge in [-0.15, -0.1) is 0 Å². The van der Waals surface area contributed by atoms with E-state index >= 15 is 0 Å². The summed E-state index contributed by atoms with van der Waals surface area (Å²) in [5.41, 5.74) is 5.59. The van der Waals surface area contributed by atoms with E-state index in [1.807, 2.05) is 27.7 Å². The second-order valence-corrected chi connectivity index (χ2v) is 4.71. The molecule has 6 heteroatoms. The Kier molecular flexibility index (Phi) is 5.04. The lowest BCUT2D eigenvalue weighted by molar-refractivity contribution is -0.0260. The molecular formula is C11H21N3O3. The highest BCUT2D eigenvalue weighted by Gasteiger charge is 2.16. The van der Waals surface area contributed by atoms with Gasteiger partial charge >= 0.3 is 0 Å². The van der Waals surface area contributed by atoms with Crippen molar-refractivity contribution in [3.05, 3.63) is 11.7 Å². The van der Waals surface area contributed by atoms with Gasteiger partial charge in [-0.25, -0.2) is 0 Å². The average molecular weight is 243 g/mol. The minimum absolute atomic E-state index is 0.234. The fourth-order valence-corrected chi connectivity index (χ4v) is 1.07. The molecule has 0 aliphatic heterocycles. The summed E-state index contributed by atoms with van der Waals surface area (Å²) in [6, 6.07) is -0.359. The first-order chi connectivity index (χ1) is 7.92. The number of nitrogens with two attached hydrogens (primary N) is 1. The first kappa shape index (κ1) is 14.1. The van der Waals surface area contributed by atoms with Crippen LogP contribution >= 0.6 is 0 Å². The minimum Gasteiger partial charge on any atom is -0.380 e. The van der Waals surface area contributed by atoms with Crippen molar-refractivity contribution in [3.8, 4) is 0 Å². The lowest BCUT2D eigenvalue weighted by atomic mass is 10.2. The molecule has 17 heavy (non-hydrogen) atoms. The molecule has 0 bridgehead atoms. The summed E-state index contributed by atoms with van der Waals surface area (Å²) in [6.07, 6.45) is 0. The highest BCUT2D eigenvalue weighted by Crippen LogP contribution is 2.12. The molecule has 1 unspecified atom stereocenters. The number of hydrogen-bond donors (Lipinski definition) is 1. The molecule has 98 valence electrons. The zero-order chi connectivity index (χ0) is 12.9. The van der Waals surface area contributed by atoms with Crippen LogP contribution in [0.1, 0.15) is 45.5 Å². The minimum atomic E-state index is -0.359. The molecule has 1 atom stereocenters. The Morgan fingerprint density at radius 1 is 1.41 bits per heavy atom. The van der Waals surface area contributed by atoms with Crippen LogP contribution in [-0.4, -0.2) is 29.0 Å². The molecule has 0 saturated heterocycles. The Hall–Kier alpha value is -0.980. The number of nitrogens with zero attached hydrogens (tertiary/aromatic N) is 2. The summed E-state index contributed by atoms with van der Waals surface area (Å²) in [5, 5.41) is 3.80. The van der Waals surface area contributed by atoms with E-state index < -0.39 is 0 Å². The summed E-state index contributed by atoms with van der Waals surface area (Å²) in [4.78, 5) is 4.16. The lowest BCUT2D eigenvalue weighted by Crippen LogP contribution is -2.19. The largest absolute Gasteiger partial charge is 0.380 e. The number of hydrogen-bond acceptors (Lipinski definition) is 6. The smallest absolute Gasteiger partial charge is 0.252 e. The van der Waals surface area contributed by atoms with E-state index in [1.165, 1.54) is 0 Å². The molecule has 6 nitrogen and oxygen atoms in total. The highest BCUT2D eigenvalue weighted by atomic mass is 16.5. The molecule has 1 heterocycles. The molecule has 0 aliphatic rings. The van der Waals surface area contributed by atoms with E-state index in [9.17, 15) is 0 Å². The van der Waals surface area contributed by atoms with E-state index in [0.717, 1.165) is 0 Å². The van der Waals surface area contributed by atoms with E-state index in [2.05, 4.69) is 10.1 Å². The van der Waals surface area contributed by atoms with Crippen LogP contribution in [0, 0.1) is 0 Å². The predicted octanol–water partition coefficient (Wildman–Crippen LogP) is 1.42. The SMILES string of the molecule is CCOCC(N)c1noc(COC(C)(C)C)n1. The Morgan fingerprint density at radius 3 is 2.71 bits per heavy atom. The quantitative estimate of drug-likeness (QED) is 0.813. The Labute approximate surface area is 101 Å². The zero-order valence-corrected chi connectivity index (χ0v) is 10.9. The molecule has 0 radical (unpaired) electrons. The van der Waals surface area contributed by atoms with Crippen LogP contribution in [0.3, 0.4) is 0 Å². The van der Waals surface area contributed by atoms with Gasteiger partial charge in [-0.3, -0.25) is 0 Å². The number of rotatable bonds is 6. The first-order valence-electron chi connectivity index (χ1n) is 5.72. The molecule has 0 aliphatic carbocycles. The zero-order valence-electron chi connectivity index (χ0n) is 10.9. The van der Waals surface area contributed by atoms with Crippen molar-refractivity contribution in [2.45, 2.75) is 45.9 Å². The Morgan fingerprint density at radius 2 is 2.12 bits per heavy atom. The van der Waals surface area contributed by atoms with Crippen LogP contribution in [-0.2, 0) is 16.1 Å². The van der Waals surface area contributed by atoms with Crippen molar-refractivity contribution >= 4 is 0 Å². The fourth-order valence-electron chi connectivity index (χ4n) is 1.07. The fraction of sp³-hybridized carbons (Fsp3) is 0.818. The Balaban J connectivity index is 2.47. The number of aromatic nitrogens is 2. The van der Waals surface area contributed by atoms with Gasteiger partial charge in [0.2, 0.25) is 0 Å². The van der Waals surface area contributed by atoms with E-state index in [1.54, 1.807) is 0 Å². The summed E-state index contributed by atoms with van der Waals surface area (Å²) >= 11 is 0. The average Bonchev–Trinajstić information content (AvgIpc) is 2.70. The van der Waals surface area contributed by atoms with Gasteiger partial charge in [-0.1, -0.05) is 5.16 Å². The first-order valence-corrected chi connectivity index (χ1v) is 5.72. The second-order valence-electron chi connectivity index (χ2n) is 4.71. The van der Waals surface area contributed by atoms with Crippen LogP contribution in [0.15, 0.2) is 4.52 Å². The van der Waals surface area contributed by atoms with E-state index in [4.69, 9.17) is 19.7 Å². The monoisotopic (exact) mass is 243 g/mol. The molecule has 0 amide bonds. The van der Waals surface area contributed by atoms with Gasteiger partial charge in [0.15, 0.2) is 5.82 Å². The van der Waals surface area contributed by atoms with Crippen LogP contribution < -0.4 is 5.73 Å². The van der Waals surface area contributed by atoms with Gasteiger partial charge in [-0.05, 0) is 27.7 Å². The Bertz CT molecular complexity index is 333.